The van der Waals surface area contributed by atoms with Gasteiger partial charge in [-0.15, -0.1) is 0 Å². The number of fused-ring (bicyclic) bond motifs is 7. The summed E-state index contributed by atoms with van der Waals surface area (Å²) in [6.07, 6.45) is 0. The molecule has 0 N–H and O–H groups in total. The summed E-state index contributed by atoms with van der Waals surface area (Å²) in [5.41, 5.74) is 9.72. The highest BCUT2D eigenvalue weighted by molar-refractivity contribution is 6.23. The summed E-state index contributed by atoms with van der Waals surface area (Å²) in [6.45, 7) is 0. The molecule has 0 aliphatic rings. The minimum atomic E-state index is 0.543. The highest BCUT2D eigenvalue weighted by Gasteiger charge is 2.24. The van der Waals surface area contributed by atoms with Crippen LogP contribution in [0.25, 0.3) is 112 Å². The van der Waals surface area contributed by atoms with Gasteiger partial charge in [-0.2, -0.15) is 9.97 Å². The number of rotatable bonds is 7. The third-order valence-electron chi connectivity index (χ3n) is 11.4. The van der Waals surface area contributed by atoms with Crippen LogP contribution in [0.4, 0.5) is 0 Å². The van der Waals surface area contributed by atoms with E-state index in [2.05, 4.69) is 94.1 Å². The van der Waals surface area contributed by atoms with Crippen LogP contribution in [-0.4, -0.2) is 39.0 Å². The van der Waals surface area contributed by atoms with Crippen molar-refractivity contribution in [3.63, 3.8) is 0 Å². The van der Waals surface area contributed by atoms with E-state index in [1.54, 1.807) is 0 Å². The van der Waals surface area contributed by atoms with Gasteiger partial charge in [-0.25, -0.2) is 19.9 Å². The molecule has 0 saturated carbocycles. The average molecular weight is 795 g/mol. The van der Waals surface area contributed by atoms with Gasteiger partial charge < -0.3 is 4.57 Å². The lowest BCUT2D eigenvalue weighted by molar-refractivity contribution is 0.953. The molecule has 0 bridgehead atoms. The van der Waals surface area contributed by atoms with Crippen molar-refractivity contribution in [3.8, 4) is 68.6 Å². The first-order valence-corrected chi connectivity index (χ1v) is 20.6. The molecular weight excluding hydrogens is 761 g/mol. The van der Waals surface area contributed by atoms with E-state index in [9.17, 15) is 0 Å². The minimum absolute atomic E-state index is 0.543. The topological polar surface area (TPSA) is 87.2 Å². The second-order valence-corrected chi connectivity index (χ2v) is 15.2. The van der Waals surface area contributed by atoms with Crippen LogP contribution in [0.3, 0.4) is 0 Å². The van der Waals surface area contributed by atoms with Gasteiger partial charge in [0.2, 0.25) is 5.95 Å². The van der Waals surface area contributed by atoms with E-state index in [0.29, 0.717) is 35.1 Å². The normalized spacial score (nSPS) is 11.5. The Morgan fingerprint density at radius 1 is 0.242 bits per heavy atom. The number of para-hydroxylation sites is 2. The van der Waals surface area contributed by atoms with E-state index in [1.807, 2.05) is 121 Å². The average Bonchev–Trinajstić information content (AvgIpc) is 3.88. The highest BCUT2D eigenvalue weighted by atomic mass is 15.2. The quantitative estimate of drug-likeness (QED) is 0.160. The molecule has 0 spiro atoms. The fourth-order valence-electron chi connectivity index (χ4n) is 8.57. The number of hydrogen-bond acceptors (Lipinski definition) is 6. The van der Waals surface area contributed by atoms with E-state index in [0.717, 1.165) is 77.1 Å². The number of aromatic nitrogens is 8. The second-order valence-electron chi connectivity index (χ2n) is 15.2. The molecule has 8 aromatic carbocycles. The Balaban J connectivity index is 1.10. The maximum Gasteiger partial charge on any atom is 0.238 e. The zero-order valence-corrected chi connectivity index (χ0v) is 33.2. The molecule has 4 aromatic heterocycles. The zero-order chi connectivity index (χ0) is 41.0. The zero-order valence-electron chi connectivity index (χ0n) is 33.2. The molecule has 4 heterocycles. The van der Waals surface area contributed by atoms with Crippen molar-refractivity contribution in [2.75, 3.05) is 0 Å². The van der Waals surface area contributed by atoms with E-state index >= 15 is 0 Å². The largest absolute Gasteiger partial charge is 0.307 e. The van der Waals surface area contributed by atoms with E-state index < -0.39 is 0 Å². The standard InChI is InChI=1S/C54H34N8/c1-5-17-35(18-6-1)49-55-50(36-19-7-2-8-20-36)57-51(56-49)39-29-31-40(32-30-39)61-45-27-15-13-25-41(45)43-33-34-44-42-26-14-16-28-46(42)62(48(44)47(43)61)54-59-52(37-21-9-3-10-22-37)58-53(60-54)38-23-11-4-12-24-38/h1-34H. The van der Waals surface area contributed by atoms with Crippen molar-refractivity contribution >= 4 is 43.6 Å². The van der Waals surface area contributed by atoms with E-state index in [1.165, 1.54) is 0 Å². The van der Waals surface area contributed by atoms with Gasteiger partial charge in [-0.3, -0.25) is 4.57 Å². The van der Waals surface area contributed by atoms with Gasteiger partial charge in [0, 0.05) is 55.0 Å². The number of benzene rings is 8. The summed E-state index contributed by atoms with van der Waals surface area (Å²) in [4.78, 5) is 30.5. The summed E-state index contributed by atoms with van der Waals surface area (Å²) in [7, 11) is 0. The van der Waals surface area contributed by atoms with Crippen molar-refractivity contribution in [2.45, 2.75) is 0 Å². The lowest BCUT2D eigenvalue weighted by atomic mass is 10.1. The molecule has 8 nitrogen and oxygen atoms in total. The van der Waals surface area contributed by atoms with Crippen molar-refractivity contribution in [1.29, 1.82) is 0 Å². The lowest BCUT2D eigenvalue weighted by Gasteiger charge is -2.14. The van der Waals surface area contributed by atoms with Crippen LogP contribution in [0.15, 0.2) is 206 Å². The Bertz CT molecular complexity index is 3490. The fraction of sp³-hybridized carbons (Fsp3) is 0. The monoisotopic (exact) mass is 794 g/mol. The third kappa shape index (κ3) is 5.92. The summed E-state index contributed by atoms with van der Waals surface area (Å²) in [5, 5.41) is 4.48. The third-order valence-corrected chi connectivity index (χ3v) is 11.4. The van der Waals surface area contributed by atoms with Crippen LogP contribution >= 0.6 is 0 Å². The molecule has 0 fully saturated rings. The lowest BCUT2D eigenvalue weighted by Crippen LogP contribution is -2.07. The Hall–Kier alpha value is -8.62. The summed E-state index contributed by atoms with van der Waals surface area (Å²) >= 11 is 0. The van der Waals surface area contributed by atoms with Crippen LogP contribution in [0, 0.1) is 0 Å². The molecule has 0 radical (unpaired) electrons. The number of hydrogen-bond donors (Lipinski definition) is 0. The van der Waals surface area contributed by atoms with Gasteiger partial charge >= 0.3 is 0 Å². The van der Waals surface area contributed by atoms with Crippen LogP contribution in [0.1, 0.15) is 0 Å². The second kappa shape index (κ2) is 14.6. The van der Waals surface area contributed by atoms with Gasteiger partial charge in [0.25, 0.3) is 0 Å². The Labute approximate surface area is 356 Å². The summed E-state index contributed by atoms with van der Waals surface area (Å²) < 4.78 is 4.58. The molecule has 290 valence electrons. The molecule has 12 rings (SSSR count). The molecular formula is C54H34N8. The van der Waals surface area contributed by atoms with Gasteiger partial charge in [0.05, 0.1) is 22.1 Å². The highest BCUT2D eigenvalue weighted by Crippen LogP contribution is 2.42. The van der Waals surface area contributed by atoms with Crippen LogP contribution in [-0.2, 0) is 0 Å². The van der Waals surface area contributed by atoms with Gasteiger partial charge in [-0.05, 0) is 36.4 Å². The first-order chi connectivity index (χ1) is 30.7. The Morgan fingerprint density at radius 3 is 0.984 bits per heavy atom. The van der Waals surface area contributed by atoms with Crippen molar-refractivity contribution in [1.82, 2.24) is 39.0 Å². The predicted octanol–water partition coefficient (Wildman–Crippen LogP) is 12.6. The fourth-order valence-corrected chi connectivity index (χ4v) is 8.57. The summed E-state index contributed by atoms with van der Waals surface area (Å²) in [5.74, 6) is 3.61. The van der Waals surface area contributed by atoms with Crippen molar-refractivity contribution in [2.24, 2.45) is 0 Å². The molecule has 12 aromatic rings. The molecule has 62 heavy (non-hydrogen) atoms. The first kappa shape index (κ1) is 35.3. The van der Waals surface area contributed by atoms with Gasteiger partial charge in [0.1, 0.15) is 0 Å². The van der Waals surface area contributed by atoms with Crippen molar-refractivity contribution in [3.05, 3.63) is 206 Å². The summed E-state index contributed by atoms with van der Waals surface area (Å²) in [6, 6.07) is 70.5. The molecule has 0 unspecified atom stereocenters. The smallest absolute Gasteiger partial charge is 0.238 e. The molecule has 0 aliphatic heterocycles. The SMILES string of the molecule is c1ccc(-c2nc(-c3ccccc3)nc(-c3ccc(-n4c5ccccc5c5ccc6c7ccccc7n(-c7nc(-c8ccccc8)nc(-c8ccccc8)n7)c6c54)cc3)n2)cc1. The molecule has 8 heteroatoms. The Morgan fingerprint density at radius 2 is 0.565 bits per heavy atom. The molecule has 0 aliphatic carbocycles. The van der Waals surface area contributed by atoms with E-state index in [4.69, 9.17) is 29.9 Å². The van der Waals surface area contributed by atoms with Crippen LogP contribution in [0.5, 0.6) is 0 Å². The van der Waals surface area contributed by atoms with Crippen LogP contribution < -0.4 is 0 Å². The Kier molecular flexibility index (Phi) is 8.31. The van der Waals surface area contributed by atoms with Crippen LogP contribution in [0.2, 0.25) is 0 Å². The van der Waals surface area contributed by atoms with Crippen molar-refractivity contribution < 1.29 is 0 Å². The maximum absolute atomic E-state index is 5.25. The molecule has 0 amide bonds. The minimum Gasteiger partial charge on any atom is -0.307 e. The van der Waals surface area contributed by atoms with Gasteiger partial charge in [0.15, 0.2) is 29.1 Å². The maximum atomic E-state index is 5.25. The molecule has 0 saturated heterocycles. The predicted molar refractivity (Wildman–Crippen MR) is 249 cm³/mol. The first-order valence-electron chi connectivity index (χ1n) is 20.6. The molecule has 0 atom stereocenters. The van der Waals surface area contributed by atoms with Gasteiger partial charge in [-0.1, -0.05) is 170 Å². The number of nitrogens with zero attached hydrogens (tertiary/aromatic N) is 8. The van der Waals surface area contributed by atoms with E-state index in [-0.39, 0.29) is 0 Å².